The first-order valence-corrected chi connectivity index (χ1v) is 16.8. The molecule has 0 atom stereocenters. The van der Waals surface area contributed by atoms with Gasteiger partial charge in [-0.25, -0.2) is 4.79 Å². The summed E-state index contributed by atoms with van der Waals surface area (Å²) in [6.45, 7) is -0.691. The number of halogens is 2. The van der Waals surface area contributed by atoms with E-state index < -0.39 is 53.6 Å². The second-order valence-electron chi connectivity index (χ2n) is 6.95. The number of ether oxygens (including phenoxy) is 4. The smallest absolute Gasteiger partial charge is 0.345 e. The highest BCUT2D eigenvalue weighted by atomic mass is 127. The van der Waals surface area contributed by atoms with Crippen LogP contribution >= 0.6 is 45.2 Å². The van der Waals surface area contributed by atoms with Gasteiger partial charge in [0.05, 0.1) is 51.3 Å². The predicted molar refractivity (Wildman–Crippen MR) is 143 cm³/mol. The van der Waals surface area contributed by atoms with Gasteiger partial charge in [-0.15, -0.1) is 0 Å². The van der Waals surface area contributed by atoms with Crippen molar-refractivity contribution in [2.45, 2.75) is 19.3 Å². The van der Waals surface area contributed by atoms with E-state index in [-0.39, 0.29) is 69.0 Å². The van der Waals surface area contributed by atoms with Gasteiger partial charge in [0.15, 0.2) is 17.2 Å². The molecule has 0 aliphatic carbocycles. The van der Waals surface area contributed by atoms with Gasteiger partial charge in [0.1, 0.15) is 5.56 Å². The minimum atomic E-state index is -4.26. The second-order valence-corrected chi connectivity index (χ2v) is 13.8. The first-order valence-electron chi connectivity index (χ1n) is 9.84. The van der Waals surface area contributed by atoms with Crippen molar-refractivity contribution in [2.24, 2.45) is 0 Å². The normalized spacial score (nSPS) is 12.3. The molecule has 0 amide bonds. The Morgan fingerprint density at radius 1 is 0.667 bits per heavy atom. The summed E-state index contributed by atoms with van der Waals surface area (Å²) < 4.78 is 115. The van der Waals surface area contributed by atoms with E-state index in [0.717, 1.165) is 7.11 Å². The van der Waals surface area contributed by atoms with Crippen LogP contribution in [-0.4, -0.2) is 89.1 Å². The Hall–Kier alpha value is -0.720. The van der Waals surface area contributed by atoms with Crippen molar-refractivity contribution in [1.82, 2.24) is 0 Å². The van der Waals surface area contributed by atoms with E-state index in [9.17, 15) is 30.0 Å². The lowest BCUT2D eigenvalue weighted by Gasteiger charge is -2.21. The molecule has 36 heavy (non-hydrogen) atoms. The predicted octanol–water partition coefficient (Wildman–Crippen LogP) is 1.65. The third-order valence-electron chi connectivity index (χ3n) is 4.02. The molecule has 0 bridgehead atoms. The van der Waals surface area contributed by atoms with E-state index in [1.807, 2.05) is 0 Å². The maximum absolute atomic E-state index is 12.6. The Morgan fingerprint density at radius 3 is 1.25 bits per heavy atom. The summed E-state index contributed by atoms with van der Waals surface area (Å²) >= 11 is 3.57. The van der Waals surface area contributed by atoms with Gasteiger partial charge in [-0.2, -0.15) is 25.3 Å². The summed E-state index contributed by atoms with van der Waals surface area (Å²) in [5, 5.41) is 0. The van der Waals surface area contributed by atoms with Crippen LogP contribution in [0.5, 0.6) is 17.2 Å². The standard InChI is InChI=1S/C17H24I2O14S3/c1-30-17(20)11-14(31-5-2-8-34(21,22)23)12(18)16(33-7-4-10-36(27,28)29)13(19)15(11)32-6-3-9-35(24,25)26/h2-10H2,1H3,(H,21,22,23)(H,24,25,26)(H,27,28,29). The molecule has 0 radical (unpaired) electrons. The van der Waals surface area contributed by atoms with Crippen molar-refractivity contribution in [2.75, 3.05) is 44.2 Å². The third kappa shape index (κ3) is 12.2. The van der Waals surface area contributed by atoms with Crippen LogP contribution in [0.15, 0.2) is 0 Å². The number of carbonyl (C=O) groups excluding carboxylic acids is 1. The molecular weight excluding hydrogens is 778 g/mol. The molecule has 0 saturated carbocycles. The average Bonchev–Trinajstić information content (AvgIpc) is 2.72. The van der Waals surface area contributed by atoms with Crippen LogP contribution in [-0.2, 0) is 35.1 Å². The molecule has 0 fully saturated rings. The Bertz CT molecular complexity index is 1180. The number of esters is 1. The third-order valence-corrected chi connectivity index (χ3v) is 8.39. The van der Waals surface area contributed by atoms with Crippen LogP contribution in [0.1, 0.15) is 29.6 Å². The van der Waals surface area contributed by atoms with E-state index in [2.05, 4.69) is 0 Å². The van der Waals surface area contributed by atoms with Gasteiger partial charge in [0.25, 0.3) is 30.4 Å². The Balaban J connectivity index is 3.41. The van der Waals surface area contributed by atoms with Crippen LogP contribution in [0.3, 0.4) is 0 Å². The molecule has 14 nitrogen and oxygen atoms in total. The van der Waals surface area contributed by atoms with E-state index >= 15 is 0 Å². The molecule has 19 heteroatoms. The molecule has 1 aromatic carbocycles. The number of carbonyl (C=O) groups is 1. The van der Waals surface area contributed by atoms with Crippen molar-refractivity contribution >= 4 is 81.5 Å². The van der Waals surface area contributed by atoms with Gasteiger partial charge in [-0.05, 0) is 64.4 Å². The molecule has 0 unspecified atom stereocenters. The molecule has 0 saturated heterocycles. The molecule has 3 N–H and O–H groups in total. The topological polar surface area (TPSA) is 217 Å². The molecule has 0 aliphatic rings. The number of methoxy groups -OCH3 is 1. The molecule has 1 aromatic rings. The number of rotatable bonds is 16. The van der Waals surface area contributed by atoms with E-state index in [4.69, 9.17) is 32.6 Å². The number of benzene rings is 1. The molecule has 208 valence electrons. The highest BCUT2D eigenvalue weighted by Crippen LogP contribution is 2.45. The summed E-state index contributed by atoms with van der Waals surface area (Å²) in [5.74, 6) is -2.83. The highest BCUT2D eigenvalue weighted by molar-refractivity contribution is 14.1. The van der Waals surface area contributed by atoms with Crippen LogP contribution in [0.2, 0.25) is 0 Å². The van der Waals surface area contributed by atoms with E-state index in [0.29, 0.717) is 0 Å². The lowest BCUT2D eigenvalue weighted by Crippen LogP contribution is -2.17. The van der Waals surface area contributed by atoms with Crippen LogP contribution < -0.4 is 14.2 Å². The summed E-state index contributed by atoms with van der Waals surface area (Å²) in [4.78, 5) is 12.6. The summed E-state index contributed by atoms with van der Waals surface area (Å²) in [7, 11) is -11.7. The SMILES string of the molecule is COC(=O)c1c(OCCCS(=O)(=O)O)c(I)c(OCCCS(=O)(=O)O)c(I)c1OCCCS(=O)(=O)O. The fourth-order valence-electron chi connectivity index (χ4n) is 2.56. The van der Waals surface area contributed by atoms with Gasteiger partial charge in [-0.1, -0.05) is 0 Å². The van der Waals surface area contributed by atoms with Gasteiger partial charge < -0.3 is 18.9 Å². The average molecular weight is 802 g/mol. The van der Waals surface area contributed by atoms with Crippen molar-refractivity contribution < 1.29 is 62.7 Å². The quantitative estimate of drug-likeness (QED) is 0.0938. The van der Waals surface area contributed by atoms with Gasteiger partial charge in [-0.3, -0.25) is 13.7 Å². The van der Waals surface area contributed by atoms with Crippen molar-refractivity contribution in [3.05, 3.63) is 12.7 Å². The van der Waals surface area contributed by atoms with E-state index in [1.165, 1.54) is 0 Å². The number of hydrogen-bond donors (Lipinski definition) is 3. The monoisotopic (exact) mass is 802 g/mol. The zero-order valence-electron chi connectivity index (χ0n) is 18.7. The van der Waals surface area contributed by atoms with E-state index in [1.54, 1.807) is 45.2 Å². The highest BCUT2D eigenvalue weighted by Gasteiger charge is 2.30. The first kappa shape index (κ1) is 33.3. The molecule has 0 spiro atoms. The Morgan fingerprint density at radius 2 is 0.972 bits per heavy atom. The largest absolute Gasteiger partial charge is 0.491 e. The minimum absolute atomic E-state index is 0.0845. The van der Waals surface area contributed by atoms with Gasteiger partial charge >= 0.3 is 5.97 Å². The molecule has 0 heterocycles. The fourth-order valence-corrected chi connectivity index (χ4v) is 6.22. The van der Waals surface area contributed by atoms with Gasteiger partial charge in [0, 0.05) is 0 Å². The van der Waals surface area contributed by atoms with Crippen molar-refractivity contribution in [1.29, 1.82) is 0 Å². The summed E-state index contributed by atoms with van der Waals surface area (Å²) in [5.41, 5.74) is -0.213. The molecule has 0 aromatic heterocycles. The summed E-state index contributed by atoms with van der Waals surface area (Å²) in [6, 6.07) is 0. The lowest BCUT2D eigenvalue weighted by atomic mass is 10.1. The lowest BCUT2D eigenvalue weighted by molar-refractivity contribution is 0.0590. The van der Waals surface area contributed by atoms with Crippen LogP contribution in [0.4, 0.5) is 0 Å². The van der Waals surface area contributed by atoms with Crippen molar-refractivity contribution in [3.8, 4) is 17.2 Å². The maximum atomic E-state index is 12.6. The van der Waals surface area contributed by atoms with Crippen LogP contribution in [0, 0.1) is 7.14 Å². The van der Waals surface area contributed by atoms with Crippen LogP contribution in [0.25, 0.3) is 0 Å². The fraction of sp³-hybridized carbons (Fsp3) is 0.588. The molecule has 1 rings (SSSR count). The zero-order chi connectivity index (χ0) is 27.7. The Kier molecular flexibility index (Phi) is 13.4. The maximum Gasteiger partial charge on any atom is 0.345 e. The molecule has 0 aliphatic heterocycles. The van der Waals surface area contributed by atoms with Crippen molar-refractivity contribution in [3.63, 3.8) is 0 Å². The minimum Gasteiger partial charge on any atom is -0.491 e. The van der Waals surface area contributed by atoms with Gasteiger partial charge in [0.2, 0.25) is 0 Å². The second kappa shape index (κ2) is 14.4. The number of hydrogen-bond acceptors (Lipinski definition) is 11. The molecular formula is C17H24I2O14S3. The summed E-state index contributed by atoms with van der Waals surface area (Å²) in [6.07, 6.45) is -0.369. The zero-order valence-corrected chi connectivity index (χ0v) is 25.4. The first-order chi connectivity index (χ1) is 16.5. The Labute approximate surface area is 235 Å².